The van der Waals surface area contributed by atoms with Crippen LogP contribution in [0.15, 0.2) is 0 Å². The summed E-state index contributed by atoms with van der Waals surface area (Å²) in [5, 5.41) is 9.82. The highest BCUT2D eigenvalue weighted by Crippen LogP contribution is 2.25. The second kappa shape index (κ2) is 4.61. The number of carbonyl (C=O) groups excluding carboxylic acids is 1. The summed E-state index contributed by atoms with van der Waals surface area (Å²) < 4.78 is 4.82. The van der Waals surface area contributed by atoms with Gasteiger partial charge in [-0.2, -0.15) is 0 Å². The molecule has 0 unspecified atom stereocenters. The first-order valence-corrected chi connectivity index (χ1v) is 5.01. The predicted octanol–water partition coefficient (Wildman–Crippen LogP) is 1.35. The molecule has 3 heteroatoms. The molecule has 0 aliphatic carbocycles. The molecule has 0 aromatic heterocycles. The summed E-state index contributed by atoms with van der Waals surface area (Å²) in [7, 11) is 0. The Morgan fingerprint density at radius 1 is 1.69 bits per heavy atom. The summed E-state index contributed by atoms with van der Waals surface area (Å²) in [6.07, 6.45) is 2.16. The Morgan fingerprint density at radius 3 is 2.85 bits per heavy atom. The molecule has 0 aromatic rings. The molecule has 0 bridgehead atoms. The number of rotatable bonds is 4. The molecule has 0 saturated carbocycles. The minimum atomic E-state index is -0.519. The molecule has 76 valence electrons. The number of hydrogen-bond donors (Lipinski definition) is 1. The standard InChI is InChI=1S/C10H18O3/c1-3-4-7(2)9(11)8-5-6-13-10(8)12/h7-9,11H,3-6H2,1-2H3/t7-,8-,9-/m1/s1. The van der Waals surface area contributed by atoms with Gasteiger partial charge in [-0.15, -0.1) is 0 Å². The highest BCUT2D eigenvalue weighted by atomic mass is 16.5. The van der Waals surface area contributed by atoms with Crippen LogP contribution in [-0.4, -0.2) is 23.8 Å². The summed E-state index contributed by atoms with van der Waals surface area (Å²) in [6, 6.07) is 0. The average molecular weight is 186 g/mol. The van der Waals surface area contributed by atoms with E-state index in [1.807, 2.05) is 6.92 Å². The summed E-state index contributed by atoms with van der Waals surface area (Å²) in [6.45, 7) is 4.54. The summed E-state index contributed by atoms with van der Waals surface area (Å²) in [4.78, 5) is 11.1. The van der Waals surface area contributed by atoms with Gasteiger partial charge in [-0.05, 0) is 18.8 Å². The van der Waals surface area contributed by atoms with Crippen molar-refractivity contribution < 1.29 is 14.6 Å². The molecule has 13 heavy (non-hydrogen) atoms. The van der Waals surface area contributed by atoms with Crippen molar-refractivity contribution in [3.8, 4) is 0 Å². The Kier molecular flexibility index (Phi) is 3.72. The van der Waals surface area contributed by atoms with Gasteiger partial charge >= 0.3 is 5.97 Å². The molecule has 1 rings (SSSR count). The Labute approximate surface area is 79.1 Å². The first-order chi connectivity index (χ1) is 6.16. The lowest BCUT2D eigenvalue weighted by Crippen LogP contribution is -2.30. The van der Waals surface area contributed by atoms with E-state index in [0.717, 1.165) is 12.8 Å². The van der Waals surface area contributed by atoms with Crippen LogP contribution in [0.1, 0.15) is 33.1 Å². The third-order valence-corrected chi connectivity index (χ3v) is 2.72. The van der Waals surface area contributed by atoms with Gasteiger partial charge in [-0.1, -0.05) is 20.3 Å². The van der Waals surface area contributed by atoms with Crippen LogP contribution < -0.4 is 0 Å². The molecule has 3 nitrogen and oxygen atoms in total. The lowest BCUT2D eigenvalue weighted by Gasteiger charge is -2.21. The van der Waals surface area contributed by atoms with E-state index < -0.39 is 6.10 Å². The van der Waals surface area contributed by atoms with Gasteiger partial charge in [0.05, 0.1) is 18.6 Å². The van der Waals surface area contributed by atoms with E-state index in [2.05, 4.69) is 6.92 Å². The number of ether oxygens (including phenoxy) is 1. The summed E-state index contributed by atoms with van der Waals surface area (Å²) in [5.74, 6) is -0.308. The normalized spacial score (nSPS) is 27.0. The number of aliphatic hydroxyl groups is 1. The minimum Gasteiger partial charge on any atom is -0.465 e. The zero-order valence-corrected chi connectivity index (χ0v) is 8.32. The molecular weight excluding hydrogens is 168 g/mol. The third-order valence-electron chi connectivity index (χ3n) is 2.72. The monoisotopic (exact) mass is 186 g/mol. The Bertz CT molecular complexity index is 179. The Hall–Kier alpha value is -0.570. The Balaban J connectivity index is 2.45. The highest BCUT2D eigenvalue weighted by Gasteiger charge is 2.35. The maximum absolute atomic E-state index is 11.1. The van der Waals surface area contributed by atoms with Crippen LogP contribution in [0.4, 0.5) is 0 Å². The van der Waals surface area contributed by atoms with E-state index in [1.54, 1.807) is 0 Å². The van der Waals surface area contributed by atoms with Crippen LogP contribution in [0.3, 0.4) is 0 Å². The van der Waals surface area contributed by atoms with Gasteiger partial charge in [0.1, 0.15) is 0 Å². The first kappa shape index (κ1) is 10.5. The van der Waals surface area contributed by atoms with Gasteiger partial charge in [0, 0.05) is 0 Å². The van der Waals surface area contributed by atoms with Crippen LogP contribution >= 0.6 is 0 Å². The molecular formula is C10H18O3. The largest absolute Gasteiger partial charge is 0.465 e. The summed E-state index contributed by atoms with van der Waals surface area (Å²) in [5.41, 5.74) is 0. The molecule has 3 atom stereocenters. The fourth-order valence-electron chi connectivity index (χ4n) is 1.84. The van der Waals surface area contributed by atoms with E-state index in [1.165, 1.54) is 0 Å². The van der Waals surface area contributed by atoms with E-state index >= 15 is 0 Å². The molecule has 1 N–H and O–H groups in total. The highest BCUT2D eigenvalue weighted by molar-refractivity contribution is 5.74. The molecule has 1 aliphatic rings. The van der Waals surface area contributed by atoms with Crippen molar-refractivity contribution in [1.29, 1.82) is 0 Å². The van der Waals surface area contributed by atoms with Crippen molar-refractivity contribution in [1.82, 2.24) is 0 Å². The van der Waals surface area contributed by atoms with Crippen molar-refractivity contribution in [3.63, 3.8) is 0 Å². The molecule has 1 heterocycles. The van der Waals surface area contributed by atoms with Crippen LogP contribution in [0.25, 0.3) is 0 Å². The van der Waals surface area contributed by atoms with Crippen molar-refractivity contribution >= 4 is 5.97 Å². The fraction of sp³-hybridized carbons (Fsp3) is 0.900. The fourth-order valence-corrected chi connectivity index (χ4v) is 1.84. The molecule has 0 amide bonds. The minimum absolute atomic E-state index is 0.195. The second-order valence-corrected chi connectivity index (χ2v) is 3.82. The van der Waals surface area contributed by atoms with Crippen LogP contribution in [0, 0.1) is 11.8 Å². The van der Waals surface area contributed by atoms with Gasteiger partial charge < -0.3 is 9.84 Å². The third kappa shape index (κ3) is 2.44. The number of carbonyl (C=O) groups is 1. The van der Waals surface area contributed by atoms with E-state index in [0.29, 0.717) is 13.0 Å². The van der Waals surface area contributed by atoms with E-state index in [9.17, 15) is 9.90 Å². The van der Waals surface area contributed by atoms with Crippen LogP contribution in [0.2, 0.25) is 0 Å². The number of aliphatic hydroxyl groups excluding tert-OH is 1. The summed E-state index contributed by atoms with van der Waals surface area (Å²) >= 11 is 0. The molecule has 0 spiro atoms. The van der Waals surface area contributed by atoms with Gasteiger partial charge in [0.25, 0.3) is 0 Å². The van der Waals surface area contributed by atoms with Crippen molar-refractivity contribution in [2.45, 2.75) is 39.2 Å². The predicted molar refractivity (Wildman–Crippen MR) is 49.1 cm³/mol. The smallest absolute Gasteiger partial charge is 0.311 e. The average Bonchev–Trinajstić information content (AvgIpc) is 2.50. The number of esters is 1. The first-order valence-electron chi connectivity index (χ1n) is 5.01. The lowest BCUT2D eigenvalue weighted by atomic mass is 9.88. The lowest BCUT2D eigenvalue weighted by molar-refractivity contribution is -0.144. The topological polar surface area (TPSA) is 46.5 Å². The SMILES string of the molecule is CCC[C@@H](C)[C@@H](O)[C@H]1CCOC1=O. The second-order valence-electron chi connectivity index (χ2n) is 3.82. The number of cyclic esters (lactones) is 1. The maximum atomic E-state index is 11.1. The van der Waals surface area contributed by atoms with Crippen LogP contribution in [0.5, 0.6) is 0 Å². The van der Waals surface area contributed by atoms with Gasteiger partial charge in [0.15, 0.2) is 0 Å². The Morgan fingerprint density at radius 2 is 2.38 bits per heavy atom. The van der Waals surface area contributed by atoms with Gasteiger partial charge in [-0.3, -0.25) is 4.79 Å². The van der Waals surface area contributed by atoms with Crippen LogP contribution in [-0.2, 0) is 9.53 Å². The van der Waals surface area contributed by atoms with E-state index in [-0.39, 0.29) is 17.8 Å². The molecule has 0 radical (unpaired) electrons. The van der Waals surface area contributed by atoms with Crippen molar-refractivity contribution in [2.75, 3.05) is 6.61 Å². The zero-order valence-electron chi connectivity index (χ0n) is 8.32. The molecule has 1 saturated heterocycles. The van der Waals surface area contributed by atoms with Gasteiger partial charge in [0.2, 0.25) is 0 Å². The molecule has 0 aromatic carbocycles. The molecule has 1 fully saturated rings. The van der Waals surface area contributed by atoms with E-state index in [4.69, 9.17) is 4.74 Å². The quantitative estimate of drug-likeness (QED) is 0.674. The van der Waals surface area contributed by atoms with Crippen molar-refractivity contribution in [2.24, 2.45) is 11.8 Å². The maximum Gasteiger partial charge on any atom is 0.311 e. The number of hydrogen-bond acceptors (Lipinski definition) is 3. The van der Waals surface area contributed by atoms with Crippen molar-refractivity contribution in [3.05, 3.63) is 0 Å². The molecule has 1 aliphatic heterocycles. The zero-order chi connectivity index (χ0) is 9.84. The van der Waals surface area contributed by atoms with Gasteiger partial charge in [-0.25, -0.2) is 0 Å².